The maximum atomic E-state index is 12.5. The van der Waals surface area contributed by atoms with Crippen LogP contribution in [-0.2, 0) is 10.2 Å². The van der Waals surface area contributed by atoms with E-state index in [9.17, 15) is 4.79 Å². The fraction of sp³-hybridized carbons (Fsp3) is 0.375. The summed E-state index contributed by atoms with van der Waals surface area (Å²) in [5.41, 5.74) is 6.76. The molecule has 1 unspecified atom stereocenters. The molecule has 1 aromatic heterocycles. The maximum Gasteiger partial charge on any atom is 0.230 e. The van der Waals surface area contributed by atoms with Gasteiger partial charge in [0.25, 0.3) is 0 Å². The molecule has 112 valence electrons. The Morgan fingerprint density at radius 2 is 2.05 bits per heavy atom. The molecule has 0 fully saturated rings. The van der Waals surface area contributed by atoms with Crippen LogP contribution in [0.15, 0.2) is 35.8 Å². The summed E-state index contributed by atoms with van der Waals surface area (Å²) in [4.78, 5) is 16.7. The zero-order chi connectivity index (χ0) is 15.5. The summed E-state index contributed by atoms with van der Waals surface area (Å²) in [6.45, 7) is 6.49. The molecule has 0 bridgehead atoms. The first kappa shape index (κ1) is 15.5. The Hall–Kier alpha value is -1.88. The van der Waals surface area contributed by atoms with E-state index in [0.717, 1.165) is 10.6 Å². The van der Waals surface area contributed by atoms with Gasteiger partial charge in [0.2, 0.25) is 5.91 Å². The quantitative estimate of drug-likeness (QED) is 0.835. The number of nitrogens with zero attached hydrogens (tertiary/aromatic N) is 1. The average molecular weight is 303 g/mol. The topological polar surface area (TPSA) is 68.0 Å². The first-order valence-electron chi connectivity index (χ1n) is 6.95. The summed E-state index contributed by atoms with van der Waals surface area (Å²) >= 11 is 1.61. The number of rotatable bonds is 5. The van der Waals surface area contributed by atoms with E-state index in [2.05, 4.69) is 17.2 Å². The van der Waals surface area contributed by atoms with Crippen LogP contribution in [-0.4, -0.2) is 17.4 Å². The second kappa shape index (κ2) is 6.26. The van der Waals surface area contributed by atoms with Crippen LogP contribution in [0.4, 0.5) is 5.69 Å². The lowest BCUT2D eigenvalue weighted by Gasteiger charge is -2.25. The van der Waals surface area contributed by atoms with Crippen molar-refractivity contribution in [3.8, 4) is 0 Å². The van der Waals surface area contributed by atoms with Crippen LogP contribution in [0, 0.1) is 0 Å². The molecular weight excluding hydrogens is 282 g/mol. The van der Waals surface area contributed by atoms with Crippen LogP contribution in [0.25, 0.3) is 0 Å². The minimum Gasteiger partial charge on any atom is -0.399 e. The molecule has 1 atom stereocenters. The lowest BCUT2D eigenvalue weighted by atomic mass is 9.83. The van der Waals surface area contributed by atoms with E-state index in [4.69, 9.17) is 5.73 Å². The summed E-state index contributed by atoms with van der Waals surface area (Å²) in [7, 11) is 0. The number of thiazole rings is 1. The standard InChI is InChI=1S/C16H21N3OS/c1-11(14-18-8-9-21-14)10-19-15(20)16(2,3)12-4-6-13(17)7-5-12/h4-9,11H,10,17H2,1-3H3,(H,19,20). The molecule has 2 aromatic rings. The molecular formula is C16H21N3OS. The number of nitrogens with one attached hydrogen (secondary N) is 1. The number of anilines is 1. The summed E-state index contributed by atoms with van der Waals surface area (Å²) in [5, 5.41) is 6.01. The molecule has 3 N–H and O–H groups in total. The molecule has 1 heterocycles. The predicted octanol–water partition coefficient (Wildman–Crippen LogP) is 2.92. The third-order valence-corrected chi connectivity index (χ3v) is 4.65. The van der Waals surface area contributed by atoms with Gasteiger partial charge in [0.15, 0.2) is 0 Å². The monoisotopic (exact) mass is 303 g/mol. The molecule has 0 saturated carbocycles. The van der Waals surface area contributed by atoms with Crippen molar-refractivity contribution in [1.82, 2.24) is 10.3 Å². The van der Waals surface area contributed by atoms with Gasteiger partial charge in [0.1, 0.15) is 0 Å². The molecule has 1 aromatic carbocycles. The van der Waals surface area contributed by atoms with Crippen LogP contribution in [0.5, 0.6) is 0 Å². The zero-order valence-corrected chi connectivity index (χ0v) is 13.4. The number of hydrogen-bond acceptors (Lipinski definition) is 4. The highest BCUT2D eigenvalue weighted by molar-refractivity contribution is 7.09. The minimum absolute atomic E-state index is 0.00989. The highest BCUT2D eigenvalue weighted by atomic mass is 32.1. The Balaban J connectivity index is 2.00. The van der Waals surface area contributed by atoms with Gasteiger partial charge in [-0.1, -0.05) is 19.1 Å². The van der Waals surface area contributed by atoms with Crippen LogP contribution < -0.4 is 11.1 Å². The first-order valence-corrected chi connectivity index (χ1v) is 7.83. The lowest BCUT2D eigenvalue weighted by Crippen LogP contribution is -2.41. The molecule has 2 rings (SSSR count). The number of carbonyl (C=O) groups excluding carboxylic acids is 1. The number of amides is 1. The van der Waals surface area contributed by atoms with Gasteiger partial charge in [-0.25, -0.2) is 4.98 Å². The molecule has 0 aliphatic heterocycles. The van der Waals surface area contributed by atoms with E-state index >= 15 is 0 Å². The Bertz CT molecular complexity index is 590. The van der Waals surface area contributed by atoms with Gasteiger partial charge in [-0.15, -0.1) is 11.3 Å². The van der Waals surface area contributed by atoms with Crippen LogP contribution in [0.1, 0.15) is 37.3 Å². The number of nitrogen functional groups attached to an aromatic ring is 1. The van der Waals surface area contributed by atoms with Crippen molar-refractivity contribution in [3.63, 3.8) is 0 Å². The van der Waals surface area contributed by atoms with Crippen molar-refractivity contribution in [2.24, 2.45) is 0 Å². The summed E-state index contributed by atoms with van der Waals surface area (Å²) < 4.78 is 0. The first-order chi connectivity index (χ1) is 9.91. The Kier molecular flexibility index (Phi) is 4.63. The van der Waals surface area contributed by atoms with E-state index in [1.165, 1.54) is 0 Å². The Morgan fingerprint density at radius 3 is 2.62 bits per heavy atom. The van der Waals surface area contributed by atoms with Crippen LogP contribution in [0.3, 0.4) is 0 Å². The summed E-state index contributed by atoms with van der Waals surface area (Å²) in [6, 6.07) is 7.45. The second-order valence-corrected chi connectivity index (χ2v) is 6.65. The van der Waals surface area contributed by atoms with Gasteiger partial charge in [0, 0.05) is 29.7 Å². The molecule has 1 amide bonds. The average Bonchev–Trinajstić information content (AvgIpc) is 2.99. The maximum absolute atomic E-state index is 12.5. The number of benzene rings is 1. The normalized spacial score (nSPS) is 12.9. The molecule has 5 heteroatoms. The number of carbonyl (C=O) groups is 1. The van der Waals surface area contributed by atoms with E-state index in [0.29, 0.717) is 12.2 Å². The van der Waals surface area contributed by atoms with E-state index < -0.39 is 5.41 Å². The van der Waals surface area contributed by atoms with Gasteiger partial charge >= 0.3 is 0 Å². The summed E-state index contributed by atoms with van der Waals surface area (Å²) in [5.74, 6) is 0.229. The van der Waals surface area contributed by atoms with Crippen molar-refractivity contribution in [1.29, 1.82) is 0 Å². The van der Waals surface area contributed by atoms with Crippen LogP contribution in [0.2, 0.25) is 0 Å². The van der Waals surface area contributed by atoms with E-state index in [1.54, 1.807) is 17.5 Å². The fourth-order valence-electron chi connectivity index (χ4n) is 2.06. The minimum atomic E-state index is -0.587. The third kappa shape index (κ3) is 3.61. The van der Waals surface area contributed by atoms with Crippen molar-refractivity contribution >= 4 is 22.9 Å². The van der Waals surface area contributed by atoms with Gasteiger partial charge in [-0.3, -0.25) is 4.79 Å². The Labute approximate surface area is 129 Å². The van der Waals surface area contributed by atoms with E-state index in [1.807, 2.05) is 43.5 Å². The Morgan fingerprint density at radius 1 is 1.38 bits per heavy atom. The number of aromatic nitrogens is 1. The van der Waals surface area contributed by atoms with Gasteiger partial charge in [-0.05, 0) is 31.5 Å². The third-order valence-electron chi connectivity index (χ3n) is 3.64. The predicted molar refractivity (Wildman–Crippen MR) is 87.4 cm³/mol. The van der Waals surface area contributed by atoms with Gasteiger partial charge in [0.05, 0.1) is 10.4 Å². The highest BCUT2D eigenvalue weighted by Crippen LogP contribution is 2.25. The lowest BCUT2D eigenvalue weighted by molar-refractivity contribution is -0.125. The second-order valence-electron chi connectivity index (χ2n) is 5.73. The highest BCUT2D eigenvalue weighted by Gasteiger charge is 2.29. The molecule has 0 radical (unpaired) electrons. The molecule has 0 saturated heterocycles. The van der Waals surface area contributed by atoms with Gasteiger partial charge < -0.3 is 11.1 Å². The number of hydrogen-bond donors (Lipinski definition) is 2. The molecule has 4 nitrogen and oxygen atoms in total. The zero-order valence-electron chi connectivity index (χ0n) is 12.6. The van der Waals surface area contributed by atoms with Crippen molar-refractivity contribution in [2.75, 3.05) is 12.3 Å². The molecule has 0 aliphatic rings. The largest absolute Gasteiger partial charge is 0.399 e. The van der Waals surface area contributed by atoms with E-state index in [-0.39, 0.29) is 11.8 Å². The molecule has 21 heavy (non-hydrogen) atoms. The van der Waals surface area contributed by atoms with Crippen molar-refractivity contribution in [3.05, 3.63) is 46.4 Å². The van der Waals surface area contributed by atoms with Crippen molar-refractivity contribution in [2.45, 2.75) is 32.1 Å². The van der Waals surface area contributed by atoms with Crippen molar-refractivity contribution < 1.29 is 4.79 Å². The summed E-state index contributed by atoms with van der Waals surface area (Å²) in [6.07, 6.45) is 1.79. The molecule has 0 aliphatic carbocycles. The van der Waals surface area contributed by atoms with Gasteiger partial charge in [-0.2, -0.15) is 0 Å². The fourth-order valence-corrected chi connectivity index (χ4v) is 2.76. The van der Waals surface area contributed by atoms with Crippen LogP contribution >= 0.6 is 11.3 Å². The molecule has 0 spiro atoms. The smallest absolute Gasteiger partial charge is 0.230 e. The SMILES string of the molecule is CC(CNC(=O)C(C)(C)c1ccc(N)cc1)c1nccs1. The number of nitrogens with two attached hydrogens (primary N) is 1.